The smallest absolute Gasteiger partial charge is 0.128 e. The van der Waals surface area contributed by atoms with Gasteiger partial charge in [-0.25, -0.2) is 13.2 Å². The number of nitrogens with one attached hydrogen (secondary N) is 1. The molecule has 21 heavy (non-hydrogen) atoms. The lowest BCUT2D eigenvalue weighted by Crippen LogP contribution is -2.24. The lowest BCUT2D eigenvalue weighted by atomic mass is 9.97. The minimum Gasteiger partial charge on any atom is -0.310 e. The summed E-state index contributed by atoms with van der Waals surface area (Å²) < 4.78 is 41.1. The summed E-state index contributed by atoms with van der Waals surface area (Å²) in [6, 6.07) is 7.88. The number of hydrogen-bond acceptors (Lipinski definition) is 1. The summed E-state index contributed by atoms with van der Waals surface area (Å²) >= 11 is 0. The van der Waals surface area contributed by atoms with Crippen LogP contribution in [0.2, 0.25) is 0 Å². The van der Waals surface area contributed by atoms with Crippen LogP contribution in [0.15, 0.2) is 36.4 Å². The highest BCUT2D eigenvalue weighted by molar-refractivity contribution is 5.29. The lowest BCUT2D eigenvalue weighted by molar-refractivity contribution is 0.495. The van der Waals surface area contributed by atoms with Crippen molar-refractivity contribution < 1.29 is 13.2 Å². The molecule has 0 bridgehead atoms. The molecule has 0 aromatic heterocycles. The van der Waals surface area contributed by atoms with Crippen LogP contribution >= 0.6 is 0 Å². The van der Waals surface area contributed by atoms with Gasteiger partial charge in [-0.15, -0.1) is 0 Å². The van der Waals surface area contributed by atoms with Crippen LogP contribution in [0.3, 0.4) is 0 Å². The third-order valence-electron chi connectivity index (χ3n) is 3.41. The summed E-state index contributed by atoms with van der Waals surface area (Å²) in [5, 5.41) is 3.13. The molecule has 0 aliphatic heterocycles. The highest BCUT2D eigenvalue weighted by atomic mass is 19.1. The number of rotatable bonds is 5. The normalized spacial score (nSPS) is 12.4. The maximum atomic E-state index is 14.1. The Labute approximate surface area is 122 Å². The van der Waals surface area contributed by atoms with Gasteiger partial charge in [0.15, 0.2) is 0 Å². The van der Waals surface area contributed by atoms with Gasteiger partial charge in [0.25, 0.3) is 0 Å². The van der Waals surface area contributed by atoms with E-state index in [1.54, 1.807) is 13.0 Å². The molecule has 0 radical (unpaired) electrons. The molecule has 0 fully saturated rings. The van der Waals surface area contributed by atoms with Gasteiger partial charge >= 0.3 is 0 Å². The van der Waals surface area contributed by atoms with E-state index in [4.69, 9.17) is 0 Å². The van der Waals surface area contributed by atoms with Crippen LogP contribution in [-0.2, 0) is 6.42 Å². The van der Waals surface area contributed by atoms with E-state index in [0.29, 0.717) is 12.1 Å². The molecular formula is C17H18F3N. The Morgan fingerprint density at radius 2 is 1.76 bits per heavy atom. The number of hydrogen-bond donors (Lipinski definition) is 1. The average Bonchev–Trinajstić information content (AvgIpc) is 2.42. The fourth-order valence-electron chi connectivity index (χ4n) is 2.37. The molecule has 2 aromatic rings. The third-order valence-corrected chi connectivity index (χ3v) is 3.41. The van der Waals surface area contributed by atoms with Crippen LogP contribution in [0.5, 0.6) is 0 Å². The summed E-state index contributed by atoms with van der Waals surface area (Å²) in [7, 11) is 0. The number of benzene rings is 2. The van der Waals surface area contributed by atoms with Crippen molar-refractivity contribution in [1.82, 2.24) is 5.32 Å². The molecule has 1 N–H and O–H groups in total. The second-order valence-corrected chi connectivity index (χ2v) is 5.08. The molecular weight excluding hydrogens is 275 g/mol. The molecule has 0 amide bonds. The molecule has 0 saturated carbocycles. The zero-order valence-electron chi connectivity index (χ0n) is 12.1. The highest BCUT2D eigenvalue weighted by Gasteiger charge is 2.17. The molecule has 0 saturated heterocycles. The third kappa shape index (κ3) is 3.85. The summed E-state index contributed by atoms with van der Waals surface area (Å²) in [4.78, 5) is 0. The monoisotopic (exact) mass is 293 g/mol. The SMILES string of the molecule is CCNC(Cc1cc(F)ccc1F)c1ccc(C)cc1F. The van der Waals surface area contributed by atoms with Gasteiger partial charge in [0.1, 0.15) is 17.5 Å². The van der Waals surface area contributed by atoms with Gasteiger partial charge in [-0.3, -0.25) is 0 Å². The van der Waals surface area contributed by atoms with Crippen LogP contribution in [0.1, 0.15) is 29.7 Å². The van der Waals surface area contributed by atoms with Crippen molar-refractivity contribution in [3.63, 3.8) is 0 Å². The molecule has 0 heterocycles. The Bertz CT molecular complexity index is 625. The second kappa shape index (κ2) is 6.76. The van der Waals surface area contributed by atoms with E-state index < -0.39 is 17.7 Å². The van der Waals surface area contributed by atoms with E-state index in [-0.39, 0.29) is 17.8 Å². The molecule has 112 valence electrons. The number of aryl methyl sites for hydroxylation is 1. The van der Waals surface area contributed by atoms with Crippen molar-refractivity contribution in [2.24, 2.45) is 0 Å². The van der Waals surface area contributed by atoms with Gasteiger partial charge in [-0.05, 0) is 55.3 Å². The number of likely N-dealkylation sites (N-methyl/N-ethyl adjacent to an activating group) is 1. The van der Waals surface area contributed by atoms with Gasteiger partial charge in [-0.1, -0.05) is 19.1 Å². The quantitative estimate of drug-likeness (QED) is 0.866. The van der Waals surface area contributed by atoms with Crippen molar-refractivity contribution >= 4 is 0 Å². The van der Waals surface area contributed by atoms with Gasteiger partial charge in [-0.2, -0.15) is 0 Å². The molecule has 0 aliphatic rings. The average molecular weight is 293 g/mol. The molecule has 1 nitrogen and oxygen atoms in total. The van der Waals surface area contributed by atoms with Gasteiger partial charge in [0.05, 0.1) is 0 Å². The van der Waals surface area contributed by atoms with Gasteiger partial charge in [0.2, 0.25) is 0 Å². The molecule has 4 heteroatoms. The van der Waals surface area contributed by atoms with E-state index in [2.05, 4.69) is 5.32 Å². The minimum atomic E-state index is -0.494. The first kappa shape index (κ1) is 15.6. The minimum absolute atomic E-state index is 0.192. The first-order chi connectivity index (χ1) is 10.0. The Balaban J connectivity index is 2.32. The predicted molar refractivity (Wildman–Crippen MR) is 77.6 cm³/mol. The van der Waals surface area contributed by atoms with Gasteiger partial charge < -0.3 is 5.32 Å². The Morgan fingerprint density at radius 1 is 1.00 bits per heavy atom. The second-order valence-electron chi connectivity index (χ2n) is 5.08. The van der Waals surface area contributed by atoms with Crippen LogP contribution in [0.25, 0.3) is 0 Å². The Morgan fingerprint density at radius 3 is 2.43 bits per heavy atom. The number of halogens is 3. The largest absolute Gasteiger partial charge is 0.310 e. The fraction of sp³-hybridized carbons (Fsp3) is 0.294. The van der Waals surface area contributed by atoms with Crippen molar-refractivity contribution in [1.29, 1.82) is 0 Å². The van der Waals surface area contributed by atoms with Crippen LogP contribution in [-0.4, -0.2) is 6.54 Å². The summed E-state index contributed by atoms with van der Waals surface area (Å²) in [5.41, 5.74) is 1.52. The highest BCUT2D eigenvalue weighted by Crippen LogP contribution is 2.24. The van der Waals surface area contributed by atoms with Gasteiger partial charge in [0, 0.05) is 11.6 Å². The summed E-state index contributed by atoms with van der Waals surface area (Å²) in [6.45, 7) is 4.30. The molecule has 1 atom stereocenters. The zero-order chi connectivity index (χ0) is 15.4. The molecule has 2 aromatic carbocycles. The summed E-state index contributed by atoms with van der Waals surface area (Å²) in [6.07, 6.45) is 0.192. The van der Waals surface area contributed by atoms with Crippen molar-refractivity contribution in [3.05, 3.63) is 70.5 Å². The topological polar surface area (TPSA) is 12.0 Å². The summed E-state index contributed by atoms with van der Waals surface area (Å²) in [5.74, 6) is -1.31. The van der Waals surface area contributed by atoms with E-state index >= 15 is 0 Å². The van der Waals surface area contributed by atoms with E-state index in [9.17, 15) is 13.2 Å². The molecule has 0 spiro atoms. The first-order valence-electron chi connectivity index (χ1n) is 6.94. The lowest BCUT2D eigenvalue weighted by Gasteiger charge is -2.20. The van der Waals surface area contributed by atoms with Crippen molar-refractivity contribution in [2.45, 2.75) is 26.3 Å². The molecule has 0 aliphatic carbocycles. The Kier molecular flexibility index (Phi) is 5.02. The molecule has 2 rings (SSSR count). The predicted octanol–water partition coefficient (Wildman–Crippen LogP) is 4.31. The van der Waals surface area contributed by atoms with E-state index in [0.717, 1.165) is 23.8 Å². The standard InChI is InChI=1S/C17H18F3N/c1-3-21-17(14-6-4-11(2)8-16(14)20)10-12-9-13(18)5-7-15(12)19/h4-9,17,21H,3,10H2,1-2H3. The Hall–Kier alpha value is -1.81. The van der Waals surface area contributed by atoms with E-state index in [1.807, 2.05) is 13.0 Å². The van der Waals surface area contributed by atoms with Crippen molar-refractivity contribution in [2.75, 3.05) is 6.54 Å². The van der Waals surface area contributed by atoms with Crippen LogP contribution in [0.4, 0.5) is 13.2 Å². The van der Waals surface area contributed by atoms with Crippen molar-refractivity contribution in [3.8, 4) is 0 Å². The van der Waals surface area contributed by atoms with E-state index in [1.165, 1.54) is 6.07 Å². The zero-order valence-corrected chi connectivity index (χ0v) is 12.1. The maximum Gasteiger partial charge on any atom is 0.128 e. The molecule has 1 unspecified atom stereocenters. The maximum absolute atomic E-state index is 14.1. The first-order valence-corrected chi connectivity index (χ1v) is 6.94. The fourth-order valence-corrected chi connectivity index (χ4v) is 2.37. The van der Waals surface area contributed by atoms with Crippen LogP contribution in [0, 0.1) is 24.4 Å². The van der Waals surface area contributed by atoms with Crippen LogP contribution < -0.4 is 5.32 Å².